The molecule has 1 heterocycles. The molecule has 0 aromatic heterocycles. The first kappa shape index (κ1) is 16.1. The average Bonchev–Trinajstić information content (AvgIpc) is 3.06. The average molecular weight is 383 g/mol. The van der Waals surface area contributed by atoms with Crippen molar-refractivity contribution in [1.82, 2.24) is 10.6 Å². The molecule has 1 aliphatic carbocycles. The minimum Gasteiger partial charge on any atom is -0.454 e. The van der Waals surface area contributed by atoms with Crippen LogP contribution in [0.4, 0.5) is 0 Å². The fourth-order valence-corrected chi connectivity index (χ4v) is 3.13. The van der Waals surface area contributed by atoms with Crippen molar-refractivity contribution in [2.24, 2.45) is 11.8 Å². The van der Waals surface area contributed by atoms with Crippen LogP contribution in [-0.2, 0) is 16.1 Å². The van der Waals surface area contributed by atoms with Crippen molar-refractivity contribution in [2.75, 3.05) is 13.3 Å². The molecule has 2 atom stereocenters. The van der Waals surface area contributed by atoms with Crippen molar-refractivity contribution in [2.45, 2.75) is 26.3 Å². The number of hydrogen-bond donors (Lipinski definition) is 2. The molecule has 0 saturated heterocycles. The van der Waals surface area contributed by atoms with E-state index in [-0.39, 0.29) is 30.9 Å². The molecular weight excluding hydrogens is 364 g/mol. The molecule has 0 radical (unpaired) electrons. The molecule has 1 aliphatic heterocycles. The molecule has 1 fully saturated rings. The molecule has 0 bridgehead atoms. The number of benzene rings is 1. The van der Waals surface area contributed by atoms with Crippen molar-refractivity contribution in [3.63, 3.8) is 0 Å². The summed E-state index contributed by atoms with van der Waals surface area (Å²) in [7, 11) is 0. The quantitative estimate of drug-likeness (QED) is 0.788. The first-order valence-corrected chi connectivity index (χ1v) is 8.46. The maximum atomic E-state index is 11.8. The van der Waals surface area contributed by atoms with Crippen molar-refractivity contribution >= 4 is 27.7 Å². The molecule has 2 amide bonds. The number of amides is 2. The van der Waals surface area contributed by atoms with Crippen LogP contribution >= 0.6 is 15.9 Å². The van der Waals surface area contributed by atoms with E-state index in [0.29, 0.717) is 30.5 Å². The summed E-state index contributed by atoms with van der Waals surface area (Å²) in [6.45, 7) is 3.05. The van der Waals surface area contributed by atoms with Gasteiger partial charge in [0, 0.05) is 25.4 Å². The van der Waals surface area contributed by atoms with E-state index >= 15 is 0 Å². The van der Waals surface area contributed by atoms with Crippen LogP contribution in [0.15, 0.2) is 16.6 Å². The first-order valence-electron chi connectivity index (χ1n) is 7.67. The SMILES string of the molecule is C[C@H]1C[C@@H]1C(=O)NCCC(=O)NCc1cc(Br)c2c(c1)OCO2. The summed E-state index contributed by atoms with van der Waals surface area (Å²) in [5, 5.41) is 5.64. The molecule has 0 unspecified atom stereocenters. The van der Waals surface area contributed by atoms with Crippen molar-refractivity contribution in [3.8, 4) is 11.5 Å². The Morgan fingerprint density at radius 1 is 1.30 bits per heavy atom. The van der Waals surface area contributed by atoms with Crippen LogP contribution in [0, 0.1) is 11.8 Å². The van der Waals surface area contributed by atoms with Crippen LogP contribution in [-0.4, -0.2) is 25.2 Å². The van der Waals surface area contributed by atoms with Gasteiger partial charge in [-0.3, -0.25) is 9.59 Å². The van der Waals surface area contributed by atoms with E-state index in [1.54, 1.807) is 0 Å². The Hall–Kier alpha value is -1.76. The lowest BCUT2D eigenvalue weighted by Gasteiger charge is -2.08. The standard InChI is InChI=1S/C16H19BrN2O4/c1-9-4-11(9)16(21)18-3-2-14(20)19-7-10-5-12(17)15-13(6-10)22-8-23-15/h5-6,9,11H,2-4,7-8H2,1H3,(H,18,21)(H,19,20)/t9-,11-/m0/s1. The molecule has 6 nitrogen and oxygen atoms in total. The summed E-state index contributed by atoms with van der Waals surface area (Å²) in [6.07, 6.45) is 1.23. The lowest BCUT2D eigenvalue weighted by Crippen LogP contribution is -2.31. The number of carbonyl (C=O) groups excluding carboxylic acids is 2. The van der Waals surface area contributed by atoms with Crippen molar-refractivity contribution in [3.05, 3.63) is 22.2 Å². The largest absolute Gasteiger partial charge is 0.454 e. The van der Waals surface area contributed by atoms with Crippen LogP contribution in [0.3, 0.4) is 0 Å². The van der Waals surface area contributed by atoms with Gasteiger partial charge in [-0.25, -0.2) is 0 Å². The zero-order valence-electron chi connectivity index (χ0n) is 12.9. The second kappa shape index (κ2) is 6.78. The molecule has 1 aromatic rings. The topological polar surface area (TPSA) is 76.7 Å². The fourth-order valence-electron chi connectivity index (χ4n) is 2.53. The minimum absolute atomic E-state index is 0.0602. The third kappa shape index (κ3) is 3.96. The molecule has 7 heteroatoms. The number of ether oxygens (including phenoxy) is 2. The Morgan fingerprint density at radius 2 is 2.09 bits per heavy atom. The van der Waals surface area contributed by atoms with Crippen LogP contribution < -0.4 is 20.1 Å². The molecule has 1 saturated carbocycles. The van der Waals surface area contributed by atoms with Gasteiger partial charge in [0.25, 0.3) is 0 Å². The highest BCUT2D eigenvalue weighted by Crippen LogP contribution is 2.40. The number of halogens is 1. The smallest absolute Gasteiger partial charge is 0.231 e. The maximum absolute atomic E-state index is 11.8. The van der Waals surface area contributed by atoms with E-state index in [2.05, 4.69) is 33.5 Å². The summed E-state index contributed by atoms with van der Waals surface area (Å²) in [6, 6.07) is 3.74. The predicted octanol–water partition coefficient (Wildman–Crippen LogP) is 1.96. The van der Waals surface area contributed by atoms with Gasteiger partial charge in [0.2, 0.25) is 18.6 Å². The predicted molar refractivity (Wildman–Crippen MR) is 87.0 cm³/mol. The van der Waals surface area contributed by atoms with E-state index in [0.717, 1.165) is 16.5 Å². The van der Waals surface area contributed by atoms with Gasteiger partial charge in [-0.05, 0) is 46.0 Å². The van der Waals surface area contributed by atoms with Crippen LogP contribution in [0.5, 0.6) is 11.5 Å². The third-order valence-electron chi connectivity index (χ3n) is 4.07. The highest BCUT2D eigenvalue weighted by atomic mass is 79.9. The third-order valence-corrected chi connectivity index (χ3v) is 4.66. The monoisotopic (exact) mass is 382 g/mol. The number of carbonyl (C=O) groups is 2. The first-order chi connectivity index (χ1) is 11.0. The fraction of sp³-hybridized carbons (Fsp3) is 0.500. The molecular formula is C16H19BrN2O4. The molecule has 2 N–H and O–H groups in total. The van der Waals surface area contributed by atoms with Gasteiger partial charge in [0.15, 0.2) is 11.5 Å². The van der Waals surface area contributed by atoms with Gasteiger partial charge < -0.3 is 20.1 Å². The van der Waals surface area contributed by atoms with E-state index in [9.17, 15) is 9.59 Å². The zero-order chi connectivity index (χ0) is 16.4. The molecule has 0 spiro atoms. The van der Waals surface area contributed by atoms with E-state index < -0.39 is 0 Å². The Labute approximate surface area is 143 Å². The second-order valence-corrected chi connectivity index (χ2v) is 6.80. The van der Waals surface area contributed by atoms with Gasteiger partial charge in [0.05, 0.1) is 4.47 Å². The van der Waals surface area contributed by atoms with E-state index in [4.69, 9.17) is 9.47 Å². The molecule has 3 rings (SSSR count). The molecule has 1 aromatic carbocycles. The van der Waals surface area contributed by atoms with Gasteiger partial charge >= 0.3 is 0 Å². The van der Waals surface area contributed by atoms with Gasteiger partial charge in [-0.15, -0.1) is 0 Å². The maximum Gasteiger partial charge on any atom is 0.231 e. The van der Waals surface area contributed by atoms with Gasteiger partial charge in [0.1, 0.15) is 0 Å². The molecule has 2 aliphatic rings. The van der Waals surface area contributed by atoms with Crippen LogP contribution in [0.25, 0.3) is 0 Å². The molecule has 23 heavy (non-hydrogen) atoms. The summed E-state index contributed by atoms with van der Waals surface area (Å²) in [5.41, 5.74) is 0.922. The highest BCUT2D eigenvalue weighted by Gasteiger charge is 2.38. The van der Waals surface area contributed by atoms with Crippen molar-refractivity contribution in [1.29, 1.82) is 0 Å². The van der Waals surface area contributed by atoms with Crippen LogP contribution in [0.2, 0.25) is 0 Å². The van der Waals surface area contributed by atoms with Crippen molar-refractivity contribution < 1.29 is 19.1 Å². The number of rotatable bonds is 6. The zero-order valence-corrected chi connectivity index (χ0v) is 14.4. The molecule has 124 valence electrons. The van der Waals surface area contributed by atoms with Gasteiger partial charge in [-0.2, -0.15) is 0 Å². The highest BCUT2D eigenvalue weighted by molar-refractivity contribution is 9.10. The lowest BCUT2D eigenvalue weighted by atomic mass is 10.2. The van der Waals surface area contributed by atoms with E-state index in [1.165, 1.54) is 0 Å². The Balaban J connectivity index is 1.41. The lowest BCUT2D eigenvalue weighted by molar-refractivity contribution is -0.123. The number of nitrogens with one attached hydrogen (secondary N) is 2. The summed E-state index contributed by atoms with van der Waals surface area (Å²) >= 11 is 3.42. The summed E-state index contributed by atoms with van der Waals surface area (Å²) in [5.74, 6) is 1.96. The summed E-state index contributed by atoms with van der Waals surface area (Å²) < 4.78 is 11.5. The minimum atomic E-state index is -0.0945. The normalized spacial score (nSPS) is 21.0. The number of fused-ring (bicyclic) bond motifs is 1. The second-order valence-electron chi connectivity index (χ2n) is 5.95. The van der Waals surface area contributed by atoms with Crippen LogP contribution in [0.1, 0.15) is 25.3 Å². The van der Waals surface area contributed by atoms with E-state index in [1.807, 2.05) is 12.1 Å². The Morgan fingerprint density at radius 3 is 2.83 bits per heavy atom. The summed E-state index contributed by atoms with van der Waals surface area (Å²) in [4.78, 5) is 23.5. The number of hydrogen-bond acceptors (Lipinski definition) is 4. The Bertz CT molecular complexity index is 635. The van der Waals surface area contributed by atoms with Gasteiger partial charge in [-0.1, -0.05) is 6.92 Å². The Kier molecular flexibility index (Phi) is 4.75.